The molecule has 104 valence electrons. The Kier molecular flexibility index (Phi) is 4.69. The van der Waals surface area contributed by atoms with E-state index in [0.29, 0.717) is 10.7 Å². The van der Waals surface area contributed by atoms with Crippen molar-refractivity contribution in [2.45, 2.75) is 20.4 Å². The van der Waals surface area contributed by atoms with E-state index in [9.17, 15) is 0 Å². The topological polar surface area (TPSA) is 42.2 Å². The minimum Gasteiger partial charge on any atom is -0.388 e. The molecule has 3 nitrogen and oxygen atoms in total. The van der Waals surface area contributed by atoms with Crippen molar-refractivity contribution in [1.29, 1.82) is 0 Å². The van der Waals surface area contributed by atoms with E-state index in [0.717, 1.165) is 18.7 Å². The maximum atomic E-state index is 5.74. The van der Waals surface area contributed by atoms with Crippen molar-refractivity contribution in [2.24, 2.45) is 5.73 Å². The monoisotopic (exact) mass is 285 g/mol. The molecule has 0 aliphatic rings. The molecule has 0 saturated carbocycles. The van der Waals surface area contributed by atoms with Gasteiger partial charge in [0, 0.05) is 30.5 Å². The van der Waals surface area contributed by atoms with Gasteiger partial charge >= 0.3 is 0 Å². The average Bonchev–Trinajstić information content (AvgIpc) is 2.46. The molecule has 0 saturated heterocycles. The third-order valence-electron chi connectivity index (χ3n) is 3.27. The molecular weight excluding hydrogens is 266 g/mol. The molecule has 2 rings (SSSR count). The summed E-state index contributed by atoms with van der Waals surface area (Å²) in [6.07, 6.45) is 1.72. The van der Waals surface area contributed by atoms with E-state index < -0.39 is 0 Å². The first-order valence-electron chi connectivity index (χ1n) is 6.67. The zero-order valence-electron chi connectivity index (χ0n) is 11.8. The fraction of sp³-hybridized carbons (Fsp3) is 0.250. The predicted octanol–water partition coefficient (Wildman–Crippen LogP) is 3.05. The highest BCUT2D eigenvalue weighted by molar-refractivity contribution is 7.80. The van der Waals surface area contributed by atoms with Crippen molar-refractivity contribution in [3.63, 3.8) is 0 Å². The number of rotatable bonds is 5. The SMILES string of the molecule is CCN(Cc1cccnc1C(N)=S)c1ccc(C)cc1. The molecule has 20 heavy (non-hydrogen) atoms. The molecule has 0 atom stereocenters. The lowest BCUT2D eigenvalue weighted by Crippen LogP contribution is -2.24. The Morgan fingerprint density at radius 3 is 2.55 bits per heavy atom. The van der Waals surface area contributed by atoms with E-state index in [-0.39, 0.29) is 0 Å². The van der Waals surface area contributed by atoms with Crippen LogP contribution in [0.2, 0.25) is 0 Å². The van der Waals surface area contributed by atoms with Crippen LogP contribution in [0.5, 0.6) is 0 Å². The standard InChI is InChI=1S/C16H19N3S/c1-3-19(14-8-6-12(2)7-9-14)11-13-5-4-10-18-15(13)16(17)20/h4-10H,3,11H2,1-2H3,(H2,17,20). The molecule has 2 N–H and O–H groups in total. The first-order chi connectivity index (χ1) is 9.61. The van der Waals surface area contributed by atoms with Gasteiger partial charge in [0.15, 0.2) is 0 Å². The Hall–Kier alpha value is -1.94. The number of benzene rings is 1. The third kappa shape index (κ3) is 3.33. The molecule has 0 unspecified atom stereocenters. The van der Waals surface area contributed by atoms with Crippen LogP contribution in [0.3, 0.4) is 0 Å². The minimum absolute atomic E-state index is 0.348. The number of thiocarbonyl (C=S) groups is 1. The number of nitrogens with zero attached hydrogens (tertiary/aromatic N) is 2. The average molecular weight is 285 g/mol. The molecular formula is C16H19N3S. The van der Waals surface area contributed by atoms with Crippen molar-refractivity contribution < 1.29 is 0 Å². The van der Waals surface area contributed by atoms with Crippen LogP contribution in [0.15, 0.2) is 42.6 Å². The fourth-order valence-corrected chi connectivity index (χ4v) is 2.32. The second kappa shape index (κ2) is 6.48. The van der Waals surface area contributed by atoms with Gasteiger partial charge in [-0.15, -0.1) is 0 Å². The van der Waals surface area contributed by atoms with Gasteiger partial charge in [0.1, 0.15) is 10.7 Å². The van der Waals surface area contributed by atoms with Gasteiger partial charge in [0.2, 0.25) is 0 Å². The summed E-state index contributed by atoms with van der Waals surface area (Å²) in [7, 11) is 0. The Morgan fingerprint density at radius 1 is 1.25 bits per heavy atom. The second-order valence-corrected chi connectivity index (χ2v) is 5.16. The van der Waals surface area contributed by atoms with Gasteiger partial charge in [-0.3, -0.25) is 4.98 Å². The van der Waals surface area contributed by atoms with Crippen LogP contribution < -0.4 is 10.6 Å². The summed E-state index contributed by atoms with van der Waals surface area (Å²) in [5.41, 5.74) is 9.96. The molecule has 0 amide bonds. The zero-order valence-corrected chi connectivity index (χ0v) is 12.7. The molecule has 0 aliphatic heterocycles. The summed E-state index contributed by atoms with van der Waals surface area (Å²) in [6.45, 7) is 5.89. The molecule has 0 spiro atoms. The summed E-state index contributed by atoms with van der Waals surface area (Å²) < 4.78 is 0. The first-order valence-corrected chi connectivity index (χ1v) is 7.08. The largest absolute Gasteiger partial charge is 0.388 e. The van der Waals surface area contributed by atoms with Gasteiger partial charge in [0.25, 0.3) is 0 Å². The summed E-state index contributed by atoms with van der Waals surface area (Å²) in [4.78, 5) is 6.90. The smallest absolute Gasteiger partial charge is 0.123 e. The Labute approximate surface area is 125 Å². The van der Waals surface area contributed by atoms with Crippen LogP contribution >= 0.6 is 12.2 Å². The maximum absolute atomic E-state index is 5.74. The molecule has 4 heteroatoms. The Bertz CT molecular complexity index is 593. The van der Waals surface area contributed by atoms with Gasteiger partial charge in [-0.1, -0.05) is 36.0 Å². The lowest BCUT2D eigenvalue weighted by Gasteiger charge is -2.24. The van der Waals surface area contributed by atoms with Gasteiger partial charge in [-0.2, -0.15) is 0 Å². The van der Waals surface area contributed by atoms with E-state index in [4.69, 9.17) is 18.0 Å². The number of hydrogen-bond acceptors (Lipinski definition) is 3. The molecule has 0 bridgehead atoms. The van der Waals surface area contributed by atoms with E-state index >= 15 is 0 Å². The van der Waals surface area contributed by atoms with Gasteiger partial charge in [-0.05, 0) is 32.0 Å². The third-order valence-corrected chi connectivity index (χ3v) is 3.46. The maximum Gasteiger partial charge on any atom is 0.123 e. The highest BCUT2D eigenvalue weighted by Gasteiger charge is 2.10. The van der Waals surface area contributed by atoms with Crippen LogP contribution in [0, 0.1) is 6.92 Å². The van der Waals surface area contributed by atoms with Crippen molar-refractivity contribution in [3.8, 4) is 0 Å². The summed E-state index contributed by atoms with van der Waals surface area (Å²) >= 11 is 5.07. The van der Waals surface area contributed by atoms with Crippen LogP contribution in [-0.2, 0) is 6.54 Å². The van der Waals surface area contributed by atoms with E-state index in [2.05, 4.69) is 48.0 Å². The molecule has 2 aromatic rings. The predicted molar refractivity (Wildman–Crippen MR) is 88.0 cm³/mol. The van der Waals surface area contributed by atoms with Crippen molar-refractivity contribution in [3.05, 3.63) is 59.4 Å². The summed E-state index contributed by atoms with van der Waals surface area (Å²) in [6, 6.07) is 12.5. The lowest BCUT2D eigenvalue weighted by atomic mass is 10.1. The number of anilines is 1. The van der Waals surface area contributed by atoms with E-state index in [1.54, 1.807) is 6.20 Å². The van der Waals surface area contributed by atoms with Crippen molar-refractivity contribution in [2.75, 3.05) is 11.4 Å². The van der Waals surface area contributed by atoms with Crippen molar-refractivity contribution >= 4 is 22.9 Å². The first kappa shape index (κ1) is 14.5. The molecule has 1 aromatic carbocycles. The van der Waals surface area contributed by atoms with E-state index in [1.165, 1.54) is 11.3 Å². The highest BCUT2D eigenvalue weighted by atomic mass is 32.1. The molecule has 0 aliphatic carbocycles. The quantitative estimate of drug-likeness (QED) is 0.857. The normalized spacial score (nSPS) is 10.3. The van der Waals surface area contributed by atoms with Gasteiger partial charge in [-0.25, -0.2) is 0 Å². The number of aryl methyl sites for hydroxylation is 1. The zero-order chi connectivity index (χ0) is 14.5. The molecule has 1 heterocycles. The van der Waals surface area contributed by atoms with Gasteiger partial charge < -0.3 is 10.6 Å². The summed E-state index contributed by atoms with van der Waals surface area (Å²) in [5.74, 6) is 0. The Morgan fingerprint density at radius 2 is 1.95 bits per heavy atom. The number of aromatic nitrogens is 1. The fourth-order valence-electron chi connectivity index (χ4n) is 2.13. The number of nitrogens with two attached hydrogens (primary N) is 1. The number of hydrogen-bond donors (Lipinski definition) is 1. The highest BCUT2D eigenvalue weighted by Crippen LogP contribution is 2.18. The van der Waals surface area contributed by atoms with Crippen molar-refractivity contribution in [1.82, 2.24) is 4.98 Å². The molecule has 0 radical (unpaired) electrons. The van der Waals surface area contributed by atoms with Crippen LogP contribution in [0.4, 0.5) is 5.69 Å². The molecule has 1 aromatic heterocycles. The van der Waals surface area contributed by atoms with Crippen LogP contribution in [0.25, 0.3) is 0 Å². The van der Waals surface area contributed by atoms with Crippen LogP contribution in [0.1, 0.15) is 23.7 Å². The van der Waals surface area contributed by atoms with Crippen LogP contribution in [-0.4, -0.2) is 16.5 Å². The lowest BCUT2D eigenvalue weighted by molar-refractivity contribution is 0.826. The van der Waals surface area contributed by atoms with E-state index in [1.807, 2.05) is 12.1 Å². The van der Waals surface area contributed by atoms with Gasteiger partial charge in [0.05, 0.1) is 0 Å². The Balaban J connectivity index is 2.27. The number of pyridine rings is 1. The minimum atomic E-state index is 0.348. The molecule has 0 fully saturated rings. The second-order valence-electron chi connectivity index (χ2n) is 4.73. The summed E-state index contributed by atoms with van der Waals surface area (Å²) in [5, 5.41) is 0.